The van der Waals surface area contributed by atoms with Crippen LogP contribution < -0.4 is 10.6 Å². The SMILES string of the molecule is C1CCOC1.CN(Cc1cccc(Nc2ccc(-c3cnc4cc(F)ccn34)c3c2C(=O)NC3)n1)CC(F)(F)F. The van der Waals surface area contributed by atoms with Crippen molar-refractivity contribution in [1.82, 2.24) is 24.6 Å². The fraction of sp³-hybridized carbons (Fsp3) is 0.321. The summed E-state index contributed by atoms with van der Waals surface area (Å²) in [5.74, 6) is -0.247. The maximum Gasteiger partial charge on any atom is 0.401 e. The molecule has 1 fully saturated rings. The molecule has 0 unspecified atom stereocenters. The number of hydrogen-bond acceptors (Lipinski definition) is 6. The molecule has 6 rings (SSSR count). The van der Waals surface area contributed by atoms with E-state index in [4.69, 9.17) is 4.74 Å². The van der Waals surface area contributed by atoms with Gasteiger partial charge in [-0.1, -0.05) is 12.1 Å². The molecule has 0 spiro atoms. The first-order valence-corrected chi connectivity index (χ1v) is 12.8. The number of aromatic nitrogens is 3. The largest absolute Gasteiger partial charge is 0.401 e. The van der Waals surface area contributed by atoms with Crippen molar-refractivity contribution in [3.8, 4) is 11.3 Å². The van der Waals surface area contributed by atoms with Gasteiger partial charge in [-0.2, -0.15) is 13.2 Å². The fourth-order valence-electron chi connectivity index (χ4n) is 4.77. The molecule has 5 heterocycles. The molecule has 1 saturated heterocycles. The highest BCUT2D eigenvalue weighted by molar-refractivity contribution is 6.06. The second-order valence-corrected chi connectivity index (χ2v) is 9.66. The Bertz CT molecular complexity index is 1510. The van der Waals surface area contributed by atoms with Gasteiger partial charge in [-0.3, -0.25) is 14.1 Å². The number of hydrogen-bond donors (Lipinski definition) is 2. The van der Waals surface area contributed by atoms with E-state index in [9.17, 15) is 22.4 Å². The van der Waals surface area contributed by atoms with Gasteiger partial charge in [-0.15, -0.1) is 0 Å². The molecule has 12 heteroatoms. The van der Waals surface area contributed by atoms with Crippen LogP contribution in [0.3, 0.4) is 0 Å². The van der Waals surface area contributed by atoms with Crippen LogP contribution >= 0.6 is 0 Å². The third-order valence-corrected chi connectivity index (χ3v) is 6.49. The molecule has 40 heavy (non-hydrogen) atoms. The van der Waals surface area contributed by atoms with Gasteiger partial charge in [0.05, 0.1) is 35.4 Å². The number of pyridine rings is 2. The Morgan fingerprint density at radius 1 is 1.15 bits per heavy atom. The lowest BCUT2D eigenvalue weighted by molar-refractivity contribution is -0.144. The smallest absolute Gasteiger partial charge is 0.381 e. The predicted octanol–water partition coefficient (Wildman–Crippen LogP) is 5.31. The lowest BCUT2D eigenvalue weighted by atomic mass is 9.99. The van der Waals surface area contributed by atoms with E-state index < -0.39 is 18.5 Å². The van der Waals surface area contributed by atoms with Crippen molar-refractivity contribution in [1.29, 1.82) is 0 Å². The van der Waals surface area contributed by atoms with Gasteiger partial charge in [0.15, 0.2) is 0 Å². The van der Waals surface area contributed by atoms with Crippen molar-refractivity contribution in [3.63, 3.8) is 0 Å². The summed E-state index contributed by atoms with van der Waals surface area (Å²) in [6.45, 7) is 1.28. The third kappa shape index (κ3) is 6.40. The number of ether oxygens (including phenoxy) is 1. The zero-order valence-electron chi connectivity index (χ0n) is 21.8. The van der Waals surface area contributed by atoms with Gasteiger partial charge in [0.1, 0.15) is 17.3 Å². The molecule has 0 aliphatic carbocycles. The number of fused-ring (bicyclic) bond motifs is 2. The number of alkyl halides is 3. The quantitative estimate of drug-likeness (QED) is 0.313. The minimum Gasteiger partial charge on any atom is -0.381 e. The highest BCUT2D eigenvalue weighted by atomic mass is 19.4. The molecule has 3 aromatic heterocycles. The van der Waals surface area contributed by atoms with Crippen LogP contribution in [0, 0.1) is 5.82 Å². The van der Waals surface area contributed by atoms with Gasteiger partial charge in [0, 0.05) is 44.1 Å². The highest BCUT2D eigenvalue weighted by Gasteiger charge is 2.29. The number of nitrogens with zero attached hydrogens (tertiary/aromatic N) is 4. The highest BCUT2D eigenvalue weighted by Crippen LogP contribution is 2.35. The van der Waals surface area contributed by atoms with Crippen LogP contribution in [0.2, 0.25) is 0 Å². The molecule has 2 N–H and O–H groups in total. The van der Waals surface area contributed by atoms with Crippen molar-refractivity contribution >= 4 is 23.1 Å². The first-order chi connectivity index (χ1) is 19.2. The molecule has 2 aliphatic heterocycles. The van der Waals surface area contributed by atoms with Crippen LogP contribution in [0.25, 0.3) is 16.9 Å². The Balaban J connectivity index is 0.000000582. The standard InChI is InChI=1S/C24H20F4N6O.C4H8O/c1-33(13-24(26,27)28)12-15-3-2-4-20(31-15)32-18-6-5-16(17-10-30-23(35)22(17)18)19-11-29-21-9-14(25)7-8-34(19)21;1-2-4-5-3-1/h2-9,11H,10,12-13H2,1H3,(H,30,35)(H,31,32);1-4H2. The van der Waals surface area contributed by atoms with Crippen LogP contribution in [0.1, 0.15) is 34.5 Å². The van der Waals surface area contributed by atoms with E-state index in [0.717, 1.165) is 29.2 Å². The summed E-state index contributed by atoms with van der Waals surface area (Å²) in [5, 5.41) is 5.96. The predicted molar refractivity (Wildman–Crippen MR) is 142 cm³/mol. The molecular weight excluding hydrogens is 528 g/mol. The van der Waals surface area contributed by atoms with E-state index >= 15 is 0 Å². The lowest BCUT2D eigenvalue weighted by Gasteiger charge is -2.18. The summed E-state index contributed by atoms with van der Waals surface area (Å²) >= 11 is 0. The number of amides is 1. The number of rotatable bonds is 6. The minimum absolute atomic E-state index is 0.0153. The number of halogens is 4. The molecule has 4 aromatic rings. The van der Waals surface area contributed by atoms with Crippen LogP contribution in [0.4, 0.5) is 29.1 Å². The van der Waals surface area contributed by atoms with E-state index in [2.05, 4.69) is 20.6 Å². The molecule has 1 amide bonds. The maximum atomic E-state index is 13.6. The van der Waals surface area contributed by atoms with E-state index in [0.29, 0.717) is 40.6 Å². The molecule has 0 radical (unpaired) electrons. The van der Waals surface area contributed by atoms with Crippen molar-refractivity contribution in [2.75, 3.05) is 32.1 Å². The Labute approximate surface area is 228 Å². The lowest BCUT2D eigenvalue weighted by Crippen LogP contribution is -2.30. The van der Waals surface area contributed by atoms with Crippen molar-refractivity contribution in [3.05, 3.63) is 77.5 Å². The van der Waals surface area contributed by atoms with Gasteiger partial charge in [-0.05, 0) is 49.7 Å². The van der Waals surface area contributed by atoms with Crippen LogP contribution in [0.5, 0.6) is 0 Å². The summed E-state index contributed by atoms with van der Waals surface area (Å²) in [7, 11) is 1.37. The number of nitrogens with one attached hydrogen (secondary N) is 2. The van der Waals surface area contributed by atoms with Crippen molar-refractivity contribution < 1.29 is 27.1 Å². The first kappa shape index (κ1) is 27.5. The third-order valence-electron chi connectivity index (χ3n) is 6.49. The topological polar surface area (TPSA) is 83.8 Å². The average molecular weight is 557 g/mol. The average Bonchev–Trinajstić information content (AvgIpc) is 3.66. The van der Waals surface area contributed by atoms with E-state index in [-0.39, 0.29) is 12.5 Å². The Morgan fingerprint density at radius 2 is 1.95 bits per heavy atom. The number of imidazole rings is 1. The van der Waals surface area contributed by atoms with Crippen LogP contribution in [0.15, 0.2) is 54.9 Å². The van der Waals surface area contributed by atoms with Gasteiger partial charge in [-0.25, -0.2) is 14.4 Å². The van der Waals surface area contributed by atoms with Gasteiger partial charge in [0.25, 0.3) is 5.91 Å². The number of carbonyl (C=O) groups excluding carboxylic acids is 1. The van der Waals surface area contributed by atoms with E-state index in [1.54, 1.807) is 41.1 Å². The van der Waals surface area contributed by atoms with Crippen molar-refractivity contribution in [2.45, 2.75) is 32.1 Å². The number of carbonyl (C=O) groups is 1. The monoisotopic (exact) mass is 556 g/mol. The molecular formula is C28H28F4N6O2. The van der Waals surface area contributed by atoms with Gasteiger partial charge < -0.3 is 15.4 Å². The second kappa shape index (κ2) is 11.6. The van der Waals surface area contributed by atoms with Crippen LogP contribution in [-0.2, 0) is 17.8 Å². The van der Waals surface area contributed by atoms with Gasteiger partial charge >= 0.3 is 6.18 Å². The normalized spacial score (nSPS) is 14.7. The molecule has 2 aliphatic rings. The summed E-state index contributed by atoms with van der Waals surface area (Å²) < 4.78 is 58.2. The van der Waals surface area contributed by atoms with Crippen molar-refractivity contribution in [2.24, 2.45) is 0 Å². The van der Waals surface area contributed by atoms with E-state index in [1.165, 1.54) is 32.0 Å². The zero-order chi connectivity index (χ0) is 28.3. The fourth-order valence-corrected chi connectivity index (χ4v) is 4.77. The first-order valence-electron chi connectivity index (χ1n) is 12.8. The van der Waals surface area contributed by atoms with E-state index in [1.807, 2.05) is 6.07 Å². The molecule has 210 valence electrons. The minimum atomic E-state index is -4.30. The van der Waals surface area contributed by atoms with Crippen LogP contribution in [-0.4, -0.2) is 58.2 Å². The molecule has 0 saturated carbocycles. The number of anilines is 2. The second-order valence-electron chi connectivity index (χ2n) is 9.66. The summed E-state index contributed by atoms with van der Waals surface area (Å²) in [6, 6.07) is 11.3. The molecule has 1 aromatic carbocycles. The molecule has 0 bridgehead atoms. The Morgan fingerprint density at radius 3 is 2.67 bits per heavy atom. The summed E-state index contributed by atoms with van der Waals surface area (Å²) in [6.07, 6.45) is 1.47. The Hall–Kier alpha value is -4.03. The maximum absolute atomic E-state index is 13.6. The van der Waals surface area contributed by atoms with Gasteiger partial charge in [0.2, 0.25) is 0 Å². The summed E-state index contributed by atoms with van der Waals surface area (Å²) in [5.41, 5.74) is 4.12. The summed E-state index contributed by atoms with van der Waals surface area (Å²) in [4.78, 5) is 22.5. The Kier molecular flexibility index (Phi) is 7.99. The molecule has 0 atom stereocenters. The zero-order valence-corrected chi connectivity index (χ0v) is 21.8. The number of benzene rings is 1. The molecule has 8 nitrogen and oxygen atoms in total.